The molecule has 1 unspecified atom stereocenters. The van der Waals surface area contributed by atoms with Crippen LogP contribution in [-0.4, -0.2) is 16.8 Å². The summed E-state index contributed by atoms with van der Waals surface area (Å²) in [4.78, 5) is 13.5. The van der Waals surface area contributed by atoms with Crippen molar-refractivity contribution in [3.63, 3.8) is 0 Å². The van der Waals surface area contributed by atoms with Gasteiger partial charge in [-0.1, -0.05) is 18.2 Å². The normalized spacial score (nSPS) is 30.0. The number of hydrogen-bond acceptors (Lipinski definition) is 1. The Labute approximate surface area is 77.2 Å². The number of rotatable bonds is 0. The van der Waals surface area contributed by atoms with E-state index in [0.717, 1.165) is 12.8 Å². The van der Waals surface area contributed by atoms with E-state index in [1.807, 2.05) is 4.90 Å². The van der Waals surface area contributed by atoms with Crippen molar-refractivity contribution in [3.05, 3.63) is 35.6 Å². The zero-order valence-corrected chi connectivity index (χ0v) is 7.36. The van der Waals surface area contributed by atoms with E-state index in [-0.39, 0.29) is 0 Å². The molecule has 3 aliphatic rings. The summed E-state index contributed by atoms with van der Waals surface area (Å²) in [5.74, 6) is 0.301. The minimum Gasteiger partial charge on any atom is -0.308 e. The summed E-state index contributed by atoms with van der Waals surface area (Å²) in [5, 5.41) is 0. The van der Waals surface area contributed by atoms with Gasteiger partial charge in [0, 0.05) is 12.1 Å². The van der Waals surface area contributed by atoms with Gasteiger partial charge in [0.05, 0.1) is 6.04 Å². The summed E-state index contributed by atoms with van der Waals surface area (Å²) in [6, 6.07) is 0.329. The molecule has 1 aliphatic carbocycles. The van der Waals surface area contributed by atoms with Crippen LogP contribution in [0.5, 0.6) is 0 Å². The van der Waals surface area contributed by atoms with E-state index in [0.29, 0.717) is 18.4 Å². The van der Waals surface area contributed by atoms with E-state index in [2.05, 4.69) is 24.3 Å². The van der Waals surface area contributed by atoms with Crippen LogP contribution in [0.25, 0.3) is 0 Å². The fourth-order valence-electron chi connectivity index (χ4n) is 2.38. The number of allylic oxidation sites excluding steroid dienone is 3. The van der Waals surface area contributed by atoms with Crippen molar-refractivity contribution >= 4 is 5.91 Å². The number of carbonyl (C=O) groups is 1. The second-order valence-electron chi connectivity index (χ2n) is 3.75. The molecule has 0 aromatic heterocycles. The minimum absolute atomic E-state index is 0.301. The van der Waals surface area contributed by atoms with Crippen LogP contribution in [0.15, 0.2) is 35.6 Å². The lowest BCUT2D eigenvalue weighted by Crippen LogP contribution is -2.32. The van der Waals surface area contributed by atoms with Gasteiger partial charge in [0.1, 0.15) is 0 Å². The summed E-state index contributed by atoms with van der Waals surface area (Å²) < 4.78 is 0. The van der Waals surface area contributed by atoms with Gasteiger partial charge in [0.15, 0.2) is 0 Å². The average molecular weight is 173 g/mol. The largest absolute Gasteiger partial charge is 0.308 e. The number of fused-ring (bicyclic) bond motifs is 3. The molecular weight excluding hydrogens is 162 g/mol. The smallest absolute Gasteiger partial charge is 0.227 e. The van der Waals surface area contributed by atoms with E-state index < -0.39 is 0 Å². The molecular formula is C11H11NO. The number of carbonyl (C=O) groups excluding carboxylic acids is 1. The van der Waals surface area contributed by atoms with Crippen LogP contribution in [0.4, 0.5) is 0 Å². The Hall–Kier alpha value is -1.31. The van der Waals surface area contributed by atoms with Gasteiger partial charge in [-0.2, -0.15) is 0 Å². The van der Waals surface area contributed by atoms with E-state index in [1.54, 1.807) is 0 Å². The minimum atomic E-state index is 0.301. The monoisotopic (exact) mass is 173 g/mol. The van der Waals surface area contributed by atoms with Gasteiger partial charge >= 0.3 is 0 Å². The first kappa shape index (κ1) is 7.13. The summed E-state index contributed by atoms with van der Waals surface area (Å²) >= 11 is 0. The third-order valence-electron chi connectivity index (χ3n) is 2.99. The molecule has 0 spiro atoms. The standard InChI is InChI=1S/C11H11NO/c13-11-6-5-9-7-8-3-1-2-4-10(8)12(9)11/h1-3,7,10H,4-6H2. The third-order valence-corrected chi connectivity index (χ3v) is 2.99. The first-order valence-corrected chi connectivity index (χ1v) is 4.75. The lowest BCUT2D eigenvalue weighted by Gasteiger charge is -2.24. The molecule has 1 amide bonds. The van der Waals surface area contributed by atoms with Gasteiger partial charge < -0.3 is 4.90 Å². The Balaban J connectivity index is 2.05. The molecule has 2 nitrogen and oxygen atoms in total. The summed E-state index contributed by atoms with van der Waals surface area (Å²) in [5.41, 5.74) is 2.54. The quantitative estimate of drug-likeness (QED) is 0.546. The molecule has 1 atom stereocenters. The third kappa shape index (κ3) is 0.857. The van der Waals surface area contributed by atoms with Crippen molar-refractivity contribution in [1.29, 1.82) is 0 Å². The maximum atomic E-state index is 11.5. The second-order valence-corrected chi connectivity index (χ2v) is 3.75. The molecule has 2 aliphatic heterocycles. The van der Waals surface area contributed by atoms with Crippen LogP contribution in [0.2, 0.25) is 0 Å². The summed E-state index contributed by atoms with van der Waals surface area (Å²) in [6.07, 6.45) is 11.1. The van der Waals surface area contributed by atoms with Crippen LogP contribution in [0.1, 0.15) is 19.3 Å². The van der Waals surface area contributed by atoms with Crippen molar-refractivity contribution in [2.45, 2.75) is 25.3 Å². The average Bonchev–Trinajstić information content (AvgIpc) is 2.66. The molecule has 0 bridgehead atoms. The van der Waals surface area contributed by atoms with Crippen LogP contribution >= 0.6 is 0 Å². The van der Waals surface area contributed by atoms with Gasteiger partial charge in [-0.15, -0.1) is 0 Å². The molecule has 0 saturated carbocycles. The fourth-order valence-corrected chi connectivity index (χ4v) is 2.38. The first-order valence-electron chi connectivity index (χ1n) is 4.75. The molecule has 0 radical (unpaired) electrons. The molecule has 2 heterocycles. The number of amides is 1. The van der Waals surface area contributed by atoms with Crippen LogP contribution in [0, 0.1) is 0 Å². The molecule has 3 rings (SSSR count). The number of nitrogens with zero attached hydrogens (tertiary/aromatic N) is 1. The fraction of sp³-hybridized carbons (Fsp3) is 0.364. The van der Waals surface area contributed by atoms with Crippen LogP contribution in [-0.2, 0) is 4.79 Å². The van der Waals surface area contributed by atoms with Crippen molar-refractivity contribution in [1.82, 2.24) is 4.90 Å². The lowest BCUT2D eigenvalue weighted by molar-refractivity contribution is -0.127. The molecule has 0 aromatic carbocycles. The van der Waals surface area contributed by atoms with Gasteiger partial charge in [0.2, 0.25) is 5.91 Å². The molecule has 0 N–H and O–H groups in total. The van der Waals surface area contributed by atoms with E-state index in [4.69, 9.17) is 0 Å². The lowest BCUT2D eigenvalue weighted by atomic mass is 10.0. The van der Waals surface area contributed by atoms with Crippen molar-refractivity contribution < 1.29 is 4.79 Å². The molecule has 1 fully saturated rings. The zero-order chi connectivity index (χ0) is 8.84. The summed E-state index contributed by atoms with van der Waals surface area (Å²) in [6.45, 7) is 0. The Kier molecular flexibility index (Phi) is 1.29. The topological polar surface area (TPSA) is 20.3 Å². The highest BCUT2D eigenvalue weighted by Gasteiger charge is 2.37. The van der Waals surface area contributed by atoms with Crippen molar-refractivity contribution in [2.24, 2.45) is 0 Å². The molecule has 2 heteroatoms. The van der Waals surface area contributed by atoms with Crippen molar-refractivity contribution in [3.8, 4) is 0 Å². The molecule has 0 aromatic rings. The molecule has 13 heavy (non-hydrogen) atoms. The maximum Gasteiger partial charge on any atom is 0.227 e. The zero-order valence-electron chi connectivity index (χ0n) is 7.36. The molecule has 1 saturated heterocycles. The predicted octanol–water partition coefficient (Wildman–Crippen LogP) is 1.76. The van der Waals surface area contributed by atoms with Crippen LogP contribution < -0.4 is 0 Å². The SMILES string of the molecule is O=C1CCC2=CC3=CC=CCC3N12. The highest BCUT2D eigenvalue weighted by atomic mass is 16.2. The van der Waals surface area contributed by atoms with Gasteiger partial charge in [0.25, 0.3) is 0 Å². The highest BCUT2D eigenvalue weighted by Crippen LogP contribution is 2.38. The number of hydrogen-bond donors (Lipinski definition) is 0. The Morgan fingerprint density at radius 3 is 3.23 bits per heavy atom. The predicted molar refractivity (Wildman–Crippen MR) is 49.8 cm³/mol. The highest BCUT2D eigenvalue weighted by molar-refractivity contribution is 5.83. The van der Waals surface area contributed by atoms with Gasteiger partial charge in [-0.05, 0) is 24.5 Å². The van der Waals surface area contributed by atoms with Gasteiger partial charge in [-0.25, -0.2) is 0 Å². The summed E-state index contributed by atoms with van der Waals surface area (Å²) in [7, 11) is 0. The second kappa shape index (κ2) is 2.34. The maximum absolute atomic E-state index is 11.5. The van der Waals surface area contributed by atoms with Gasteiger partial charge in [-0.3, -0.25) is 4.79 Å². The van der Waals surface area contributed by atoms with E-state index >= 15 is 0 Å². The first-order chi connectivity index (χ1) is 6.36. The Bertz CT molecular complexity index is 362. The Morgan fingerprint density at radius 2 is 2.31 bits per heavy atom. The Morgan fingerprint density at radius 1 is 1.38 bits per heavy atom. The van der Waals surface area contributed by atoms with E-state index in [9.17, 15) is 4.79 Å². The van der Waals surface area contributed by atoms with Crippen molar-refractivity contribution in [2.75, 3.05) is 0 Å². The van der Waals surface area contributed by atoms with E-state index in [1.165, 1.54) is 11.3 Å². The van der Waals surface area contributed by atoms with Crippen LogP contribution in [0.3, 0.4) is 0 Å². The molecule has 66 valence electrons.